The van der Waals surface area contributed by atoms with E-state index in [1.807, 2.05) is 38.1 Å². The van der Waals surface area contributed by atoms with E-state index >= 15 is 0 Å². The Morgan fingerprint density at radius 2 is 1.60 bits per heavy atom. The van der Waals surface area contributed by atoms with Gasteiger partial charge in [-0.25, -0.2) is 0 Å². The molecule has 0 bridgehead atoms. The molecule has 2 nitrogen and oxygen atoms in total. The Balaban J connectivity index is 0.000000617. The molecule has 0 saturated carbocycles. The molecule has 1 aromatic rings. The summed E-state index contributed by atoms with van der Waals surface area (Å²) < 4.78 is 0. The van der Waals surface area contributed by atoms with Crippen molar-refractivity contribution in [1.82, 2.24) is 0 Å². The fraction of sp³-hybridized carbons (Fsp3) is 0.308. The molecule has 0 atom stereocenters. The second-order valence-corrected chi connectivity index (χ2v) is 3.07. The molecule has 2 heteroatoms. The Bertz CT molecular complexity index is 318. The average molecular weight is 206 g/mol. The Morgan fingerprint density at radius 3 is 2.13 bits per heavy atom. The van der Waals surface area contributed by atoms with Crippen molar-refractivity contribution in [3.05, 3.63) is 42.0 Å². The predicted octanol–water partition coefficient (Wildman–Crippen LogP) is 2.88. The fourth-order valence-electron chi connectivity index (χ4n) is 1.57. The quantitative estimate of drug-likeness (QED) is 0.643. The maximum absolute atomic E-state index is 11.4. The predicted molar refractivity (Wildman–Crippen MR) is 64.0 cm³/mol. The first-order chi connectivity index (χ1) is 6.79. The number of carbonyl (C=O) groups excluding carboxylic acids is 1. The highest BCUT2D eigenvalue weighted by Gasteiger charge is 2.18. The zero-order valence-electron chi connectivity index (χ0n) is 9.34. The van der Waals surface area contributed by atoms with Gasteiger partial charge < -0.3 is 5.48 Å². The minimum Gasteiger partial charge on any atom is -0.412 e. The van der Waals surface area contributed by atoms with Crippen molar-refractivity contribution >= 4 is 11.4 Å². The Kier molecular flexibility index (Phi) is 5.57. The van der Waals surface area contributed by atoms with Crippen LogP contribution in [-0.4, -0.2) is 11.3 Å². The number of Topliss-reactive ketones (excluding diaryl/α,β-unsaturated/α-hetero) is 1. The third-order valence-corrected chi connectivity index (χ3v) is 2.26. The molecule has 0 spiro atoms. The van der Waals surface area contributed by atoms with Crippen molar-refractivity contribution in [2.24, 2.45) is 0 Å². The summed E-state index contributed by atoms with van der Waals surface area (Å²) in [6.07, 6.45) is 1.44. The zero-order valence-corrected chi connectivity index (χ0v) is 9.34. The van der Waals surface area contributed by atoms with Gasteiger partial charge in [0.2, 0.25) is 0 Å². The van der Waals surface area contributed by atoms with Crippen LogP contribution < -0.4 is 0 Å². The number of hydrogen-bond acceptors (Lipinski definition) is 1. The Labute approximate surface area is 90.9 Å². The molecule has 0 amide bonds. The summed E-state index contributed by atoms with van der Waals surface area (Å²) in [5, 5.41) is 0. The van der Waals surface area contributed by atoms with Gasteiger partial charge in [0.25, 0.3) is 0 Å². The van der Waals surface area contributed by atoms with E-state index in [1.54, 1.807) is 0 Å². The minimum atomic E-state index is 0. The first-order valence-corrected chi connectivity index (χ1v) is 5.09. The SMILES string of the molecule is C=C1CCC(=O)c2ccccc21.CC.O. The molecule has 2 rings (SSSR count). The van der Waals surface area contributed by atoms with E-state index in [0.717, 1.165) is 23.1 Å². The molecule has 0 saturated heterocycles. The lowest BCUT2D eigenvalue weighted by Crippen LogP contribution is -2.08. The lowest BCUT2D eigenvalue weighted by atomic mass is 9.87. The van der Waals surface area contributed by atoms with E-state index in [4.69, 9.17) is 0 Å². The van der Waals surface area contributed by atoms with Crippen molar-refractivity contribution in [2.75, 3.05) is 0 Å². The van der Waals surface area contributed by atoms with Crippen molar-refractivity contribution in [2.45, 2.75) is 26.7 Å². The van der Waals surface area contributed by atoms with Gasteiger partial charge in [-0.2, -0.15) is 0 Å². The number of benzene rings is 1. The number of allylic oxidation sites excluding steroid dienone is 1. The first kappa shape index (κ1) is 13.6. The third kappa shape index (κ3) is 2.77. The van der Waals surface area contributed by atoms with Crippen LogP contribution in [0.25, 0.3) is 5.57 Å². The number of carbonyl (C=O) groups is 1. The molecule has 1 aliphatic carbocycles. The lowest BCUT2D eigenvalue weighted by Gasteiger charge is -2.15. The van der Waals surface area contributed by atoms with Gasteiger partial charge in [-0.3, -0.25) is 4.79 Å². The molecular weight excluding hydrogens is 188 g/mol. The Morgan fingerprint density at radius 1 is 1.07 bits per heavy atom. The molecule has 0 unspecified atom stereocenters. The number of rotatable bonds is 0. The van der Waals surface area contributed by atoms with Crippen LogP contribution >= 0.6 is 0 Å². The molecule has 15 heavy (non-hydrogen) atoms. The van der Waals surface area contributed by atoms with E-state index < -0.39 is 0 Å². The summed E-state index contributed by atoms with van der Waals surface area (Å²) in [5.74, 6) is 0.248. The third-order valence-electron chi connectivity index (χ3n) is 2.26. The summed E-state index contributed by atoms with van der Waals surface area (Å²) >= 11 is 0. The van der Waals surface area contributed by atoms with Gasteiger partial charge in [0, 0.05) is 12.0 Å². The lowest BCUT2D eigenvalue weighted by molar-refractivity contribution is 0.0981. The maximum Gasteiger partial charge on any atom is 0.163 e. The largest absolute Gasteiger partial charge is 0.412 e. The van der Waals surface area contributed by atoms with E-state index in [1.165, 1.54) is 0 Å². The highest BCUT2D eigenvalue weighted by atomic mass is 16.1. The van der Waals surface area contributed by atoms with Gasteiger partial charge in [-0.1, -0.05) is 44.7 Å². The molecule has 1 aliphatic rings. The Hall–Kier alpha value is -1.41. The normalized spacial score (nSPS) is 13.2. The van der Waals surface area contributed by atoms with Crippen LogP contribution in [0.3, 0.4) is 0 Å². The molecule has 0 aromatic heterocycles. The van der Waals surface area contributed by atoms with Crippen LogP contribution in [0, 0.1) is 0 Å². The monoisotopic (exact) mass is 206 g/mol. The molecule has 2 N–H and O–H groups in total. The van der Waals surface area contributed by atoms with Crippen LogP contribution in [0.5, 0.6) is 0 Å². The molecule has 82 valence electrons. The molecule has 0 fully saturated rings. The zero-order chi connectivity index (χ0) is 10.6. The van der Waals surface area contributed by atoms with Gasteiger partial charge in [0.15, 0.2) is 5.78 Å². The first-order valence-electron chi connectivity index (χ1n) is 5.09. The van der Waals surface area contributed by atoms with Crippen molar-refractivity contribution in [3.8, 4) is 0 Å². The van der Waals surface area contributed by atoms with Crippen LogP contribution in [0.2, 0.25) is 0 Å². The fourth-order valence-corrected chi connectivity index (χ4v) is 1.57. The summed E-state index contributed by atoms with van der Waals surface area (Å²) in [6.45, 7) is 7.94. The molecule has 0 aliphatic heterocycles. The van der Waals surface area contributed by atoms with E-state index in [0.29, 0.717) is 6.42 Å². The van der Waals surface area contributed by atoms with Gasteiger partial charge in [-0.05, 0) is 17.6 Å². The highest BCUT2D eigenvalue weighted by Crippen LogP contribution is 2.28. The smallest absolute Gasteiger partial charge is 0.163 e. The summed E-state index contributed by atoms with van der Waals surface area (Å²) in [7, 11) is 0. The maximum atomic E-state index is 11.4. The standard InChI is InChI=1S/C11H10O.C2H6.H2O/c1-8-6-7-11(12)10-5-3-2-4-9(8)10;1-2;/h2-5H,1,6-7H2;1-2H3;1H2. The van der Waals surface area contributed by atoms with Crippen LogP contribution in [-0.2, 0) is 0 Å². The molecule has 0 heterocycles. The van der Waals surface area contributed by atoms with E-state index in [-0.39, 0.29) is 11.3 Å². The molecule has 1 aromatic carbocycles. The van der Waals surface area contributed by atoms with Crippen LogP contribution in [0.15, 0.2) is 30.8 Å². The second kappa shape index (κ2) is 6.14. The number of ketones is 1. The average Bonchev–Trinajstić information content (AvgIpc) is 2.27. The van der Waals surface area contributed by atoms with Crippen molar-refractivity contribution < 1.29 is 10.3 Å². The van der Waals surface area contributed by atoms with E-state index in [2.05, 4.69) is 6.58 Å². The topological polar surface area (TPSA) is 48.6 Å². The molecule has 0 radical (unpaired) electrons. The van der Waals surface area contributed by atoms with Crippen molar-refractivity contribution in [1.29, 1.82) is 0 Å². The minimum absolute atomic E-state index is 0. The van der Waals surface area contributed by atoms with E-state index in [9.17, 15) is 4.79 Å². The summed E-state index contributed by atoms with van der Waals surface area (Å²) in [6, 6.07) is 7.69. The van der Waals surface area contributed by atoms with Gasteiger partial charge in [0.05, 0.1) is 0 Å². The van der Waals surface area contributed by atoms with Crippen molar-refractivity contribution in [3.63, 3.8) is 0 Å². The van der Waals surface area contributed by atoms with Crippen LogP contribution in [0.4, 0.5) is 0 Å². The second-order valence-electron chi connectivity index (χ2n) is 3.07. The van der Waals surface area contributed by atoms with Gasteiger partial charge >= 0.3 is 0 Å². The van der Waals surface area contributed by atoms with Gasteiger partial charge in [-0.15, -0.1) is 0 Å². The summed E-state index contributed by atoms with van der Waals surface area (Å²) in [4.78, 5) is 11.4. The number of fused-ring (bicyclic) bond motifs is 1. The summed E-state index contributed by atoms with van der Waals surface area (Å²) in [5.41, 5.74) is 2.97. The van der Waals surface area contributed by atoms with Crippen LogP contribution in [0.1, 0.15) is 42.6 Å². The number of hydrogen-bond donors (Lipinski definition) is 0. The molecular formula is C13H18O2. The van der Waals surface area contributed by atoms with Gasteiger partial charge in [0.1, 0.15) is 0 Å². The highest BCUT2D eigenvalue weighted by molar-refractivity contribution is 6.03.